The lowest BCUT2D eigenvalue weighted by Crippen LogP contribution is -2.52. The molecule has 1 aromatic heterocycles. The van der Waals surface area contributed by atoms with Gasteiger partial charge in [-0.25, -0.2) is 0 Å². The Morgan fingerprint density at radius 1 is 1.08 bits per heavy atom. The highest BCUT2D eigenvalue weighted by Gasteiger charge is 2.24. The molecule has 138 valence electrons. The van der Waals surface area contributed by atoms with Crippen molar-refractivity contribution >= 4 is 41.6 Å². The summed E-state index contributed by atoms with van der Waals surface area (Å²) in [5, 5.41) is 1.99. The van der Waals surface area contributed by atoms with E-state index in [4.69, 9.17) is 4.74 Å². The van der Waals surface area contributed by atoms with Gasteiger partial charge in [0.2, 0.25) is 11.8 Å². The van der Waals surface area contributed by atoms with Crippen LogP contribution in [0.3, 0.4) is 0 Å². The normalized spacial score (nSPS) is 19.0. The third-order valence-electron chi connectivity index (χ3n) is 4.34. The number of carbonyl (C=O) groups excluding carboxylic acids is 2. The van der Waals surface area contributed by atoms with E-state index < -0.39 is 0 Å². The van der Waals surface area contributed by atoms with Gasteiger partial charge in [-0.05, 0) is 17.5 Å². The zero-order chi connectivity index (χ0) is 16.8. The molecule has 0 spiro atoms. The molecule has 0 radical (unpaired) electrons. The van der Waals surface area contributed by atoms with Gasteiger partial charge in [-0.1, -0.05) is 6.07 Å². The molecule has 3 heterocycles. The van der Waals surface area contributed by atoms with Crippen LogP contribution in [-0.4, -0.2) is 85.5 Å². The first-order valence-corrected chi connectivity index (χ1v) is 9.19. The molecule has 25 heavy (non-hydrogen) atoms. The fraction of sp³-hybridized carbons (Fsp3) is 0.529. The number of hydrogen-bond acceptors (Lipinski definition) is 5. The summed E-state index contributed by atoms with van der Waals surface area (Å²) in [7, 11) is 0. The van der Waals surface area contributed by atoms with Gasteiger partial charge in [-0.2, -0.15) is 0 Å². The van der Waals surface area contributed by atoms with Gasteiger partial charge in [0.05, 0.1) is 19.8 Å². The number of carbonyl (C=O) groups is 2. The summed E-state index contributed by atoms with van der Waals surface area (Å²) in [6, 6.07) is 3.96. The van der Waals surface area contributed by atoms with Crippen LogP contribution in [0.2, 0.25) is 0 Å². The van der Waals surface area contributed by atoms with E-state index in [9.17, 15) is 9.59 Å². The third-order valence-corrected chi connectivity index (χ3v) is 5.18. The van der Waals surface area contributed by atoms with Crippen molar-refractivity contribution in [2.75, 3.05) is 59.0 Å². The molecule has 0 bridgehead atoms. The zero-order valence-corrected chi connectivity index (χ0v) is 15.8. The Hall–Kier alpha value is -1.41. The summed E-state index contributed by atoms with van der Waals surface area (Å²) in [4.78, 5) is 31.4. The van der Waals surface area contributed by atoms with E-state index in [-0.39, 0.29) is 24.2 Å². The fourth-order valence-corrected chi connectivity index (χ4v) is 3.49. The molecule has 2 fully saturated rings. The van der Waals surface area contributed by atoms with Crippen molar-refractivity contribution in [2.45, 2.75) is 0 Å². The lowest BCUT2D eigenvalue weighted by Gasteiger charge is -2.35. The van der Waals surface area contributed by atoms with Gasteiger partial charge >= 0.3 is 0 Å². The van der Waals surface area contributed by atoms with Crippen LogP contribution in [-0.2, 0) is 14.3 Å². The quantitative estimate of drug-likeness (QED) is 0.730. The summed E-state index contributed by atoms with van der Waals surface area (Å²) in [6.07, 6.45) is 3.50. The number of ether oxygens (including phenoxy) is 1. The second kappa shape index (κ2) is 9.91. The highest BCUT2D eigenvalue weighted by Crippen LogP contribution is 2.11. The maximum absolute atomic E-state index is 12.3. The average molecular weight is 386 g/mol. The molecule has 0 aliphatic carbocycles. The van der Waals surface area contributed by atoms with E-state index >= 15 is 0 Å². The van der Waals surface area contributed by atoms with Gasteiger partial charge < -0.3 is 14.5 Å². The van der Waals surface area contributed by atoms with E-state index in [1.807, 2.05) is 33.4 Å². The minimum Gasteiger partial charge on any atom is -0.378 e. The lowest BCUT2D eigenvalue weighted by atomic mass is 10.2. The molecule has 0 aromatic carbocycles. The van der Waals surface area contributed by atoms with Crippen LogP contribution in [0.15, 0.2) is 23.6 Å². The Balaban J connectivity index is 0.00000225. The highest BCUT2D eigenvalue weighted by atomic mass is 35.5. The van der Waals surface area contributed by atoms with E-state index in [0.717, 1.165) is 18.0 Å². The minimum atomic E-state index is 0. The summed E-state index contributed by atoms with van der Waals surface area (Å²) in [5.41, 5.74) is 0. The Bertz CT molecular complexity index is 580. The lowest BCUT2D eigenvalue weighted by molar-refractivity contribution is -0.137. The molecule has 6 nitrogen and oxygen atoms in total. The standard InChI is InChI=1S/C17H23N3O3S.ClH/c21-16(4-3-15-2-1-13-24-15)19-7-5-18(6-8-19)14-17(22)20-9-11-23-12-10-20;/h1-4,13H,5-12,14H2;1H/b4-3+;. The molecule has 2 aliphatic heterocycles. The molecule has 0 atom stereocenters. The first-order valence-electron chi connectivity index (χ1n) is 8.31. The van der Waals surface area contributed by atoms with E-state index in [1.165, 1.54) is 0 Å². The summed E-state index contributed by atoms with van der Waals surface area (Å²) < 4.78 is 5.27. The number of morpholine rings is 1. The number of rotatable bonds is 4. The summed E-state index contributed by atoms with van der Waals surface area (Å²) in [6.45, 7) is 5.90. The van der Waals surface area contributed by atoms with Crippen molar-refractivity contribution in [3.05, 3.63) is 28.5 Å². The molecule has 1 aromatic rings. The van der Waals surface area contributed by atoms with Crippen molar-refractivity contribution in [1.82, 2.24) is 14.7 Å². The second-order valence-electron chi connectivity index (χ2n) is 5.94. The number of thiophene rings is 1. The molecular formula is C17H24ClN3O3S. The molecule has 2 saturated heterocycles. The third kappa shape index (κ3) is 5.81. The van der Waals surface area contributed by atoms with Gasteiger partial charge in [0.25, 0.3) is 0 Å². The van der Waals surface area contributed by atoms with Crippen LogP contribution >= 0.6 is 23.7 Å². The Morgan fingerprint density at radius 3 is 2.44 bits per heavy atom. The number of hydrogen-bond donors (Lipinski definition) is 0. The smallest absolute Gasteiger partial charge is 0.246 e. The van der Waals surface area contributed by atoms with E-state index in [1.54, 1.807) is 17.4 Å². The molecule has 2 amide bonds. The average Bonchev–Trinajstić information content (AvgIpc) is 3.14. The molecule has 3 rings (SSSR count). The van der Waals surface area contributed by atoms with Crippen molar-refractivity contribution in [2.24, 2.45) is 0 Å². The predicted octanol–water partition coefficient (Wildman–Crippen LogP) is 1.19. The topological polar surface area (TPSA) is 53.1 Å². The minimum absolute atomic E-state index is 0. The largest absolute Gasteiger partial charge is 0.378 e. The van der Waals surface area contributed by atoms with Gasteiger partial charge in [0, 0.05) is 50.2 Å². The van der Waals surface area contributed by atoms with E-state index in [0.29, 0.717) is 45.9 Å². The second-order valence-corrected chi connectivity index (χ2v) is 6.92. The summed E-state index contributed by atoms with van der Waals surface area (Å²) >= 11 is 1.62. The molecule has 0 saturated carbocycles. The number of piperazine rings is 1. The van der Waals surface area contributed by atoms with Crippen LogP contribution in [0.4, 0.5) is 0 Å². The van der Waals surface area contributed by atoms with Gasteiger partial charge in [-0.15, -0.1) is 23.7 Å². The van der Waals surface area contributed by atoms with Crippen LogP contribution < -0.4 is 0 Å². The number of halogens is 1. The van der Waals surface area contributed by atoms with Crippen LogP contribution in [0.1, 0.15) is 4.88 Å². The molecular weight excluding hydrogens is 362 g/mol. The predicted molar refractivity (Wildman–Crippen MR) is 101 cm³/mol. The fourth-order valence-electron chi connectivity index (χ4n) is 2.88. The molecule has 2 aliphatic rings. The molecule has 0 N–H and O–H groups in total. The van der Waals surface area contributed by atoms with Gasteiger partial charge in [0.15, 0.2) is 0 Å². The monoisotopic (exact) mass is 385 g/mol. The number of nitrogens with zero attached hydrogens (tertiary/aromatic N) is 3. The highest BCUT2D eigenvalue weighted by molar-refractivity contribution is 7.10. The first-order chi connectivity index (χ1) is 11.7. The van der Waals surface area contributed by atoms with Crippen molar-refractivity contribution < 1.29 is 14.3 Å². The van der Waals surface area contributed by atoms with E-state index in [2.05, 4.69) is 4.90 Å². The van der Waals surface area contributed by atoms with Crippen molar-refractivity contribution in [3.8, 4) is 0 Å². The Morgan fingerprint density at radius 2 is 1.80 bits per heavy atom. The zero-order valence-electron chi connectivity index (χ0n) is 14.1. The first kappa shape index (κ1) is 19.9. The number of amides is 2. The maximum atomic E-state index is 12.3. The Labute approximate surface area is 158 Å². The maximum Gasteiger partial charge on any atom is 0.246 e. The summed E-state index contributed by atoms with van der Waals surface area (Å²) in [5.74, 6) is 0.207. The van der Waals surface area contributed by atoms with Gasteiger partial charge in [-0.3, -0.25) is 14.5 Å². The van der Waals surface area contributed by atoms with Crippen LogP contribution in [0, 0.1) is 0 Å². The molecule has 0 unspecified atom stereocenters. The Kier molecular flexibility index (Phi) is 7.90. The van der Waals surface area contributed by atoms with Gasteiger partial charge in [0.1, 0.15) is 0 Å². The SMILES string of the molecule is Cl.O=C(/C=C/c1cccs1)N1CCN(CC(=O)N2CCOCC2)CC1. The molecule has 8 heteroatoms. The van der Waals surface area contributed by atoms with Crippen LogP contribution in [0.5, 0.6) is 0 Å². The van der Waals surface area contributed by atoms with Crippen molar-refractivity contribution in [3.63, 3.8) is 0 Å². The van der Waals surface area contributed by atoms with Crippen LogP contribution in [0.25, 0.3) is 6.08 Å². The van der Waals surface area contributed by atoms with Crippen molar-refractivity contribution in [1.29, 1.82) is 0 Å².